The second kappa shape index (κ2) is 9.06. The molecule has 1 atom stereocenters. The largest absolute Gasteiger partial charge is 0.382 e. The van der Waals surface area contributed by atoms with Crippen molar-refractivity contribution in [3.8, 4) is 0 Å². The van der Waals surface area contributed by atoms with Crippen LogP contribution in [0.1, 0.15) is 55.5 Å². The molecule has 0 aliphatic carbocycles. The molecule has 0 spiro atoms. The van der Waals surface area contributed by atoms with Gasteiger partial charge in [0.1, 0.15) is 5.82 Å². The van der Waals surface area contributed by atoms with Crippen LogP contribution < -0.4 is 16.4 Å². The molecule has 1 aromatic heterocycles. The second-order valence-corrected chi connectivity index (χ2v) is 7.79. The number of benzene rings is 1. The second-order valence-electron chi connectivity index (χ2n) is 7.79. The first-order chi connectivity index (χ1) is 13.4. The maximum absolute atomic E-state index is 11.7. The quantitative estimate of drug-likeness (QED) is 0.665. The number of pyridine rings is 1. The van der Waals surface area contributed by atoms with Gasteiger partial charge in [0.25, 0.3) is 5.91 Å². The molecule has 0 radical (unpaired) electrons. The number of nitrogens with one attached hydrogen (secondary N) is 2. The summed E-state index contributed by atoms with van der Waals surface area (Å²) >= 11 is 0. The Morgan fingerprint density at radius 3 is 2.46 bits per heavy atom. The van der Waals surface area contributed by atoms with Gasteiger partial charge in [-0.15, -0.1) is 0 Å². The maximum atomic E-state index is 11.7. The van der Waals surface area contributed by atoms with Gasteiger partial charge in [-0.2, -0.15) is 0 Å². The Morgan fingerprint density at radius 2 is 1.86 bits per heavy atom. The van der Waals surface area contributed by atoms with Gasteiger partial charge in [0, 0.05) is 37.2 Å². The molecule has 1 saturated heterocycles. The summed E-state index contributed by atoms with van der Waals surface area (Å²) in [6.45, 7) is 8.01. The van der Waals surface area contributed by atoms with Crippen molar-refractivity contribution in [3.05, 3.63) is 47.7 Å². The van der Waals surface area contributed by atoms with E-state index in [1.165, 1.54) is 11.8 Å². The fraction of sp³-hybridized carbons (Fsp3) is 0.455. The van der Waals surface area contributed by atoms with E-state index in [-0.39, 0.29) is 6.04 Å². The van der Waals surface area contributed by atoms with Crippen molar-refractivity contribution in [2.45, 2.75) is 45.6 Å². The van der Waals surface area contributed by atoms with E-state index in [0.717, 1.165) is 31.7 Å². The zero-order chi connectivity index (χ0) is 20.1. The van der Waals surface area contributed by atoms with Crippen LogP contribution >= 0.6 is 0 Å². The van der Waals surface area contributed by atoms with Gasteiger partial charge in [-0.1, -0.05) is 26.0 Å². The van der Waals surface area contributed by atoms with E-state index in [1.54, 1.807) is 0 Å². The SMILES string of the molecule is CC(C)[C@H](C)Nc1cc(Nc2ccc(C3CCOCC3)cc2)ncc1C(N)=O. The lowest BCUT2D eigenvalue weighted by Gasteiger charge is -2.22. The summed E-state index contributed by atoms with van der Waals surface area (Å²) in [5.41, 5.74) is 8.91. The molecule has 2 aromatic rings. The summed E-state index contributed by atoms with van der Waals surface area (Å²) in [5.74, 6) is 1.17. The molecule has 3 rings (SSSR count). The van der Waals surface area contributed by atoms with Gasteiger partial charge in [-0.05, 0) is 49.3 Å². The maximum Gasteiger partial charge on any atom is 0.252 e. The Balaban J connectivity index is 1.75. The minimum Gasteiger partial charge on any atom is -0.382 e. The summed E-state index contributed by atoms with van der Waals surface area (Å²) < 4.78 is 5.44. The monoisotopic (exact) mass is 382 g/mol. The molecule has 0 bridgehead atoms. The fourth-order valence-electron chi connectivity index (χ4n) is 3.27. The molecule has 2 heterocycles. The number of carbonyl (C=O) groups is 1. The molecule has 4 N–H and O–H groups in total. The van der Waals surface area contributed by atoms with Crippen molar-refractivity contribution in [3.63, 3.8) is 0 Å². The smallest absolute Gasteiger partial charge is 0.252 e. The normalized spacial score (nSPS) is 16.0. The van der Waals surface area contributed by atoms with Crippen LogP contribution in [0.3, 0.4) is 0 Å². The number of carbonyl (C=O) groups excluding carboxylic acids is 1. The molecule has 1 amide bonds. The topological polar surface area (TPSA) is 89.3 Å². The number of nitrogens with two attached hydrogens (primary N) is 1. The van der Waals surface area contributed by atoms with Gasteiger partial charge in [-0.3, -0.25) is 4.79 Å². The van der Waals surface area contributed by atoms with E-state index < -0.39 is 5.91 Å². The van der Waals surface area contributed by atoms with Gasteiger partial charge >= 0.3 is 0 Å². The Labute approximate surface area is 166 Å². The Hall–Kier alpha value is -2.60. The van der Waals surface area contributed by atoms with E-state index in [2.05, 4.69) is 60.7 Å². The standard InChI is InChI=1S/C22H30N4O2/c1-14(2)15(3)25-20-12-21(24-13-19(20)22(23)27)26-18-6-4-16(5-7-18)17-8-10-28-11-9-17/h4-7,12-15,17H,8-11H2,1-3H3,(H2,23,27)(H2,24,25,26)/t15-/m0/s1. The highest BCUT2D eigenvalue weighted by molar-refractivity contribution is 5.98. The average Bonchev–Trinajstić information content (AvgIpc) is 2.69. The predicted molar refractivity (Wildman–Crippen MR) is 113 cm³/mol. The zero-order valence-electron chi connectivity index (χ0n) is 16.9. The predicted octanol–water partition coefficient (Wildman–Crippen LogP) is 4.27. The van der Waals surface area contributed by atoms with Crippen LogP contribution in [-0.2, 0) is 4.74 Å². The molecule has 0 saturated carbocycles. The Morgan fingerprint density at radius 1 is 1.18 bits per heavy atom. The van der Waals surface area contributed by atoms with E-state index in [0.29, 0.717) is 28.9 Å². The summed E-state index contributed by atoms with van der Waals surface area (Å²) in [6, 6.07) is 10.5. The molecule has 6 nitrogen and oxygen atoms in total. The first-order valence-electron chi connectivity index (χ1n) is 9.95. The minimum absolute atomic E-state index is 0.201. The molecule has 28 heavy (non-hydrogen) atoms. The van der Waals surface area contributed by atoms with Crippen molar-refractivity contribution < 1.29 is 9.53 Å². The Bertz CT molecular complexity index is 799. The highest BCUT2D eigenvalue weighted by Crippen LogP contribution is 2.29. The zero-order valence-corrected chi connectivity index (χ0v) is 16.9. The summed E-state index contributed by atoms with van der Waals surface area (Å²) in [5, 5.41) is 6.69. The number of aromatic nitrogens is 1. The third-order valence-corrected chi connectivity index (χ3v) is 5.43. The van der Waals surface area contributed by atoms with Gasteiger partial charge < -0.3 is 21.1 Å². The van der Waals surface area contributed by atoms with Gasteiger partial charge in [0.15, 0.2) is 0 Å². The molecule has 1 aliphatic rings. The van der Waals surface area contributed by atoms with Crippen molar-refractivity contribution in [1.29, 1.82) is 0 Å². The number of amides is 1. The van der Waals surface area contributed by atoms with E-state index >= 15 is 0 Å². The average molecular weight is 383 g/mol. The van der Waals surface area contributed by atoms with Crippen LogP contribution in [-0.4, -0.2) is 30.1 Å². The van der Waals surface area contributed by atoms with E-state index in [4.69, 9.17) is 10.5 Å². The highest BCUT2D eigenvalue weighted by atomic mass is 16.5. The lowest BCUT2D eigenvalue weighted by atomic mass is 9.92. The number of anilines is 3. The highest BCUT2D eigenvalue weighted by Gasteiger charge is 2.16. The number of nitrogens with zero attached hydrogens (tertiary/aromatic N) is 1. The molecule has 1 aromatic carbocycles. The van der Waals surface area contributed by atoms with Gasteiger partial charge in [-0.25, -0.2) is 4.98 Å². The first-order valence-corrected chi connectivity index (χ1v) is 9.95. The van der Waals surface area contributed by atoms with E-state index in [9.17, 15) is 4.79 Å². The molecular weight excluding hydrogens is 352 g/mol. The third kappa shape index (κ3) is 5.01. The number of hydrogen-bond donors (Lipinski definition) is 3. The van der Waals surface area contributed by atoms with Crippen LogP contribution in [0.15, 0.2) is 36.5 Å². The first kappa shape index (κ1) is 20.1. The van der Waals surface area contributed by atoms with Gasteiger partial charge in [0.05, 0.1) is 11.3 Å². The Kier molecular flexibility index (Phi) is 6.52. The van der Waals surface area contributed by atoms with Gasteiger partial charge in [0.2, 0.25) is 0 Å². The molecule has 150 valence electrons. The molecular formula is C22H30N4O2. The van der Waals surface area contributed by atoms with Crippen LogP contribution in [0.25, 0.3) is 0 Å². The number of rotatable bonds is 7. The summed E-state index contributed by atoms with van der Waals surface area (Å²) in [6.07, 6.45) is 3.67. The number of primary amides is 1. The van der Waals surface area contributed by atoms with E-state index in [1.807, 2.05) is 6.07 Å². The summed E-state index contributed by atoms with van der Waals surface area (Å²) in [7, 11) is 0. The van der Waals surface area contributed by atoms with Crippen LogP contribution in [0, 0.1) is 5.92 Å². The van der Waals surface area contributed by atoms with Crippen LogP contribution in [0.4, 0.5) is 17.2 Å². The van der Waals surface area contributed by atoms with Crippen LogP contribution in [0.5, 0.6) is 0 Å². The lowest BCUT2D eigenvalue weighted by Crippen LogP contribution is -2.24. The van der Waals surface area contributed by atoms with Crippen molar-refractivity contribution >= 4 is 23.1 Å². The van der Waals surface area contributed by atoms with Crippen molar-refractivity contribution in [2.75, 3.05) is 23.8 Å². The summed E-state index contributed by atoms with van der Waals surface area (Å²) in [4.78, 5) is 16.1. The molecule has 1 aliphatic heterocycles. The molecule has 6 heteroatoms. The number of hydrogen-bond acceptors (Lipinski definition) is 5. The molecule has 1 fully saturated rings. The third-order valence-electron chi connectivity index (χ3n) is 5.43. The van der Waals surface area contributed by atoms with Crippen LogP contribution in [0.2, 0.25) is 0 Å². The van der Waals surface area contributed by atoms with Crippen molar-refractivity contribution in [1.82, 2.24) is 4.98 Å². The minimum atomic E-state index is -0.488. The molecule has 0 unspecified atom stereocenters. The fourth-order valence-corrected chi connectivity index (χ4v) is 3.27. The number of ether oxygens (including phenoxy) is 1. The lowest BCUT2D eigenvalue weighted by molar-refractivity contribution is 0.0853. The van der Waals surface area contributed by atoms with Crippen molar-refractivity contribution in [2.24, 2.45) is 11.7 Å².